The number of benzene rings is 1. The Morgan fingerprint density at radius 3 is 2.85 bits per heavy atom. The SMILES string of the molecule is COc1ccc(Oc2nc(Cl)ncc2F)cc1[N+](=O)[O-]. The highest BCUT2D eigenvalue weighted by atomic mass is 35.5. The minimum atomic E-state index is -0.840. The maximum absolute atomic E-state index is 13.4. The van der Waals surface area contributed by atoms with Gasteiger partial charge in [-0.3, -0.25) is 10.1 Å². The molecule has 0 aliphatic carbocycles. The monoisotopic (exact) mass is 299 g/mol. The molecule has 7 nitrogen and oxygen atoms in total. The molecule has 1 aromatic carbocycles. The van der Waals surface area contributed by atoms with Crippen molar-refractivity contribution in [3.05, 3.63) is 45.6 Å². The average molecular weight is 300 g/mol. The van der Waals surface area contributed by atoms with Gasteiger partial charge in [0.1, 0.15) is 5.75 Å². The molecular weight excluding hydrogens is 293 g/mol. The molecule has 9 heteroatoms. The van der Waals surface area contributed by atoms with Crippen LogP contribution >= 0.6 is 11.6 Å². The minimum absolute atomic E-state index is 0.0196. The van der Waals surface area contributed by atoms with E-state index in [0.717, 1.165) is 12.3 Å². The van der Waals surface area contributed by atoms with E-state index in [0.29, 0.717) is 0 Å². The van der Waals surface area contributed by atoms with Gasteiger partial charge in [0.25, 0.3) is 5.88 Å². The lowest BCUT2D eigenvalue weighted by molar-refractivity contribution is -0.385. The highest BCUT2D eigenvalue weighted by molar-refractivity contribution is 6.28. The number of nitro groups is 1. The number of hydrogen-bond donors (Lipinski definition) is 0. The molecule has 0 saturated carbocycles. The van der Waals surface area contributed by atoms with E-state index in [9.17, 15) is 14.5 Å². The van der Waals surface area contributed by atoms with Gasteiger partial charge in [-0.15, -0.1) is 0 Å². The summed E-state index contributed by atoms with van der Waals surface area (Å²) in [5, 5.41) is 10.7. The molecule has 0 aliphatic rings. The molecule has 0 aliphatic heterocycles. The Hall–Kier alpha value is -2.48. The third-order valence-corrected chi connectivity index (χ3v) is 2.43. The molecule has 0 radical (unpaired) electrons. The van der Waals surface area contributed by atoms with Crippen molar-refractivity contribution in [3.8, 4) is 17.4 Å². The van der Waals surface area contributed by atoms with Crippen molar-refractivity contribution < 1.29 is 18.8 Å². The van der Waals surface area contributed by atoms with Crippen LogP contribution in [0, 0.1) is 15.9 Å². The van der Waals surface area contributed by atoms with Crippen molar-refractivity contribution in [2.24, 2.45) is 0 Å². The van der Waals surface area contributed by atoms with Crippen LogP contribution in [0.1, 0.15) is 0 Å². The van der Waals surface area contributed by atoms with Crippen LogP contribution in [0.15, 0.2) is 24.4 Å². The van der Waals surface area contributed by atoms with Crippen molar-refractivity contribution in [2.45, 2.75) is 0 Å². The van der Waals surface area contributed by atoms with E-state index in [1.54, 1.807) is 0 Å². The molecule has 0 bridgehead atoms. The van der Waals surface area contributed by atoms with E-state index in [1.807, 2.05) is 0 Å². The third-order valence-electron chi connectivity index (χ3n) is 2.24. The van der Waals surface area contributed by atoms with Crippen molar-refractivity contribution in [1.82, 2.24) is 9.97 Å². The number of methoxy groups -OCH3 is 1. The van der Waals surface area contributed by atoms with E-state index in [4.69, 9.17) is 21.1 Å². The van der Waals surface area contributed by atoms with Gasteiger partial charge >= 0.3 is 5.69 Å². The molecule has 1 heterocycles. The Labute approximate surface area is 117 Å². The second-order valence-corrected chi connectivity index (χ2v) is 3.82. The smallest absolute Gasteiger partial charge is 0.314 e. The molecule has 0 N–H and O–H groups in total. The maximum atomic E-state index is 13.4. The van der Waals surface area contributed by atoms with E-state index in [2.05, 4.69) is 9.97 Å². The predicted molar refractivity (Wildman–Crippen MR) is 66.7 cm³/mol. The van der Waals surface area contributed by atoms with Crippen LogP contribution in [-0.2, 0) is 0 Å². The summed E-state index contributed by atoms with van der Waals surface area (Å²) in [6.07, 6.45) is 0.836. The highest BCUT2D eigenvalue weighted by Crippen LogP contribution is 2.33. The van der Waals surface area contributed by atoms with Crippen LogP contribution in [0.25, 0.3) is 0 Å². The molecule has 104 valence electrons. The third kappa shape index (κ3) is 2.91. The molecule has 2 aromatic rings. The quantitative estimate of drug-likeness (QED) is 0.490. The van der Waals surface area contributed by atoms with Crippen molar-refractivity contribution in [3.63, 3.8) is 0 Å². The number of halogens is 2. The van der Waals surface area contributed by atoms with Crippen LogP contribution < -0.4 is 9.47 Å². The summed E-state index contributed by atoms with van der Waals surface area (Å²) in [6, 6.07) is 3.80. The van der Waals surface area contributed by atoms with E-state index in [1.165, 1.54) is 19.2 Å². The fraction of sp³-hybridized carbons (Fsp3) is 0.0909. The number of aromatic nitrogens is 2. The van der Waals surface area contributed by atoms with E-state index >= 15 is 0 Å². The first-order valence-corrected chi connectivity index (χ1v) is 5.57. The summed E-state index contributed by atoms with van der Waals surface area (Å²) in [6.45, 7) is 0. The Morgan fingerprint density at radius 1 is 1.45 bits per heavy atom. The topological polar surface area (TPSA) is 87.4 Å². The largest absolute Gasteiger partial charge is 0.490 e. The number of rotatable bonds is 4. The fourth-order valence-corrected chi connectivity index (χ4v) is 1.52. The van der Waals surface area contributed by atoms with Crippen molar-refractivity contribution in [2.75, 3.05) is 7.11 Å². The lowest BCUT2D eigenvalue weighted by atomic mass is 10.3. The zero-order valence-electron chi connectivity index (χ0n) is 10.0. The van der Waals surface area contributed by atoms with Gasteiger partial charge in [-0.2, -0.15) is 9.37 Å². The summed E-state index contributed by atoms with van der Waals surface area (Å²) in [4.78, 5) is 17.2. The molecular formula is C11H7ClFN3O4. The lowest BCUT2D eigenvalue weighted by Crippen LogP contribution is -1.97. The van der Waals surface area contributed by atoms with Gasteiger partial charge in [-0.1, -0.05) is 0 Å². The van der Waals surface area contributed by atoms with Crippen LogP contribution in [0.5, 0.6) is 17.4 Å². The normalized spacial score (nSPS) is 10.2. The number of hydrogen-bond acceptors (Lipinski definition) is 6. The standard InChI is InChI=1S/C11H7ClFN3O4/c1-19-9-3-2-6(4-8(9)16(17)18)20-10-7(13)5-14-11(12)15-10/h2-5H,1H3. The van der Waals surface area contributed by atoms with E-state index < -0.39 is 16.6 Å². The minimum Gasteiger partial charge on any atom is -0.490 e. The molecule has 2 rings (SSSR count). The Bertz CT molecular complexity index is 668. The Kier molecular flexibility index (Phi) is 3.94. The average Bonchev–Trinajstić information content (AvgIpc) is 2.42. The second-order valence-electron chi connectivity index (χ2n) is 3.48. The second kappa shape index (κ2) is 5.66. The highest BCUT2D eigenvalue weighted by Gasteiger charge is 2.17. The predicted octanol–water partition coefficient (Wildman–Crippen LogP) is 2.98. The van der Waals surface area contributed by atoms with Crippen molar-refractivity contribution >= 4 is 17.3 Å². The first-order chi connectivity index (χ1) is 9.51. The van der Waals surface area contributed by atoms with Gasteiger partial charge < -0.3 is 9.47 Å². The van der Waals surface area contributed by atoms with Crippen LogP contribution in [-0.4, -0.2) is 22.0 Å². The van der Waals surface area contributed by atoms with Crippen LogP contribution in [0.2, 0.25) is 5.28 Å². The summed E-state index contributed by atoms with van der Waals surface area (Å²) >= 11 is 5.52. The molecule has 0 fully saturated rings. The Balaban J connectivity index is 2.37. The molecule has 0 unspecified atom stereocenters. The molecule has 0 saturated heterocycles. The fourth-order valence-electron chi connectivity index (χ4n) is 1.39. The van der Waals surface area contributed by atoms with Gasteiger partial charge in [0.05, 0.1) is 24.3 Å². The van der Waals surface area contributed by atoms with Gasteiger partial charge in [-0.25, -0.2) is 4.98 Å². The summed E-state index contributed by atoms with van der Waals surface area (Å²) in [5.41, 5.74) is -0.314. The van der Waals surface area contributed by atoms with Gasteiger partial charge in [0.2, 0.25) is 11.1 Å². The van der Waals surface area contributed by atoms with Gasteiger partial charge in [-0.05, 0) is 23.7 Å². The first kappa shape index (κ1) is 13.9. The number of nitrogens with zero attached hydrogens (tertiary/aromatic N) is 3. The first-order valence-electron chi connectivity index (χ1n) is 5.19. The van der Waals surface area contributed by atoms with Gasteiger partial charge in [0, 0.05) is 0 Å². The number of nitro benzene ring substituents is 1. The van der Waals surface area contributed by atoms with Crippen molar-refractivity contribution in [1.29, 1.82) is 0 Å². The van der Waals surface area contributed by atoms with Gasteiger partial charge in [0.15, 0.2) is 5.75 Å². The van der Waals surface area contributed by atoms with E-state index in [-0.39, 0.29) is 22.5 Å². The summed E-state index contributed by atoms with van der Waals surface area (Å²) in [7, 11) is 1.30. The molecule has 20 heavy (non-hydrogen) atoms. The molecule has 0 amide bonds. The van der Waals surface area contributed by atoms with Crippen LogP contribution in [0.3, 0.4) is 0 Å². The zero-order valence-corrected chi connectivity index (χ0v) is 10.8. The molecule has 0 atom stereocenters. The van der Waals surface area contributed by atoms with Crippen LogP contribution in [0.4, 0.5) is 10.1 Å². The zero-order chi connectivity index (χ0) is 14.7. The number of ether oxygens (including phenoxy) is 2. The Morgan fingerprint density at radius 2 is 2.20 bits per heavy atom. The summed E-state index contributed by atoms with van der Waals surface area (Å²) in [5.74, 6) is -1.19. The molecule has 1 aromatic heterocycles. The maximum Gasteiger partial charge on any atom is 0.314 e. The molecule has 0 spiro atoms. The lowest BCUT2D eigenvalue weighted by Gasteiger charge is -2.07. The summed E-state index contributed by atoms with van der Waals surface area (Å²) < 4.78 is 23.3.